The van der Waals surface area contributed by atoms with Gasteiger partial charge in [-0.3, -0.25) is 0 Å². The van der Waals surface area contributed by atoms with E-state index >= 15 is 0 Å². The van der Waals surface area contributed by atoms with Crippen molar-refractivity contribution >= 4 is 42.8 Å². The number of rotatable bonds is 25. The molecule has 0 atom stereocenters. The second-order valence-electron chi connectivity index (χ2n) is 12.9. The molecular weight excluding hydrogens is 641 g/mol. The standard InChI is InChI=1S/C35H70O5Si5/c1-11-21-26-31-41(16-6)36-42(17-7,32-27-22-12-2)38-44(19-9,34-29-24-14-4)40-45(20-10,35-30-25-15-5)39-43(18-8,37-41)33-28-23-13-3/h16-20H,6-15,21-35H2,1-5H3. The van der Waals surface area contributed by atoms with Gasteiger partial charge in [0, 0.05) is 0 Å². The highest BCUT2D eigenvalue weighted by Gasteiger charge is 2.59. The van der Waals surface area contributed by atoms with Crippen LogP contribution < -0.4 is 0 Å². The van der Waals surface area contributed by atoms with E-state index in [-0.39, 0.29) is 0 Å². The van der Waals surface area contributed by atoms with Crippen molar-refractivity contribution in [2.75, 3.05) is 0 Å². The zero-order chi connectivity index (χ0) is 33.7. The van der Waals surface area contributed by atoms with Crippen LogP contribution in [0.4, 0.5) is 0 Å². The van der Waals surface area contributed by atoms with E-state index in [0.717, 1.165) is 127 Å². The van der Waals surface area contributed by atoms with Gasteiger partial charge in [0.05, 0.1) is 0 Å². The second-order valence-corrected chi connectivity index (χ2v) is 29.6. The van der Waals surface area contributed by atoms with Gasteiger partial charge >= 0.3 is 42.8 Å². The Hall–Kier alpha value is -0.416. The van der Waals surface area contributed by atoms with Crippen LogP contribution in [0.2, 0.25) is 30.2 Å². The summed E-state index contributed by atoms with van der Waals surface area (Å²) in [7, 11) is -15.4. The summed E-state index contributed by atoms with van der Waals surface area (Å²) in [6.07, 6.45) is 16.2. The number of unbranched alkanes of at least 4 members (excludes halogenated alkanes) is 10. The van der Waals surface area contributed by atoms with E-state index < -0.39 is 42.8 Å². The van der Waals surface area contributed by atoms with Gasteiger partial charge < -0.3 is 20.6 Å². The predicted molar refractivity (Wildman–Crippen MR) is 207 cm³/mol. The van der Waals surface area contributed by atoms with Crippen molar-refractivity contribution in [1.29, 1.82) is 0 Å². The topological polar surface area (TPSA) is 46.2 Å². The molecule has 0 unspecified atom stereocenters. The molecule has 1 fully saturated rings. The van der Waals surface area contributed by atoms with Crippen LogP contribution in [0.3, 0.4) is 0 Å². The lowest BCUT2D eigenvalue weighted by Gasteiger charge is -2.51. The van der Waals surface area contributed by atoms with Crippen LogP contribution in [0.15, 0.2) is 61.4 Å². The van der Waals surface area contributed by atoms with E-state index in [1.54, 1.807) is 0 Å². The molecular formula is C35H70O5Si5. The van der Waals surface area contributed by atoms with Crippen molar-refractivity contribution in [1.82, 2.24) is 0 Å². The molecule has 0 N–H and O–H groups in total. The Kier molecular flexibility index (Phi) is 21.1. The molecule has 0 aromatic heterocycles. The SMILES string of the molecule is C=C[Si]1(CCCCC)O[Si](C=C)(CCCCC)O[Si](C=C)(CCCCC)O[Si](C=C)(CCCCC)O[Si](C=C)(CCCCC)O1. The summed E-state index contributed by atoms with van der Waals surface area (Å²) in [6.45, 7) is 33.3. The maximum absolute atomic E-state index is 7.52. The fourth-order valence-electron chi connectivity index (χ4n) is 6.11. The summed E-state index contributed by atoms with van der Waals surface area (Å²) >= 11 is 0. The first-order valence-corrected chi connectivity index (χ1v) is 28.8. The van der Waals surface area contributed by atoms with E-state index in [4.69, 9.17) is 20.6 Å². The zero-order valence-corrected chi connectivity index (χ0v) is 35.1. The zero-order valence-electron chi connectivity index (χ0n) is 30.1. The van der Waals surface area contributed by atoms with Crippen molar-refractivity contribution in [3.8, 4) is 0 Å². The largest absolute Gasteiger partial charge is 0.409 e. The minimum Gasteiger partial charge on any atom is -0.409 e. The molecule has 260 valence electrons. The third-order valence-corrected chi connectivity index (χ3v) is 31.1. The number of hydrogen-bond acceptors (Lipinski definition) is 5. The number of hydrogen-bond donors (Lipinski definition) is 0. The van der Waals surface area contributed by atoms with Gasteiger partial charge in [-0.1, -0.05) is 159 Å². The van der Waals surface area contributed by atoms with Gasteiger partial charge in [-0.25, -0.2) is 0 Å². The summed E-state index contributed by atoms with van der Waals surface area (Å²) < 4.78 is 37.6. The van der Waals surface area contributed by atoms with Gasteiger partial charge in [-0.15, -0.1) is 32.9 Å². The van der Waals surface area contributed by atoms with Crippen molar-refractivity contribution < 1.29 is 20.6 Å². The third-order valence-electron chi connectivity index (χ3n) is 8.93. The van der Waals surface area contributed by atoms with Crippen molar-refractivity contribution in [2.45, 2.75) is 161 Å². The Bertz CT molecular complexity index is 710. The maximum atomic E-state index is 7.52. The Balaban J connectivity index is 4.12. The predicted octanol–water partition coefficient (Wildman–Crippen LogP) is 11.9. The van der Waals surface area contributed by atoms with Crippen LogP contribution >= 0.6 is 0 Å². The van der Waals surface area contributed by atoms with Gasteiger partial charge in [0.1, 0.15) is 0 Å². The fraction of sp³-hybridized carbons (Fsp3) is 0.714. The Morgan fingerprint density at radius 3 is 0.578 bits per heavy atom. The summed E-state index contributed by atoms with van der Waals surface area (Å²) in [5.74, 6) is 0. The van der Waals surface area contributed by atoms with Crippen molar-refractivity contribution in [3.63, 3.8) is 0 Å². The highest BCUT2D eigenvalue weighted by atomic mass is 28.5. The summed E-state index contributed by atoms with van der Waals surface area (Å²) in [6, 6.07) is 4.11. The molecule has 0 bridgehead atoms. The van der Waals surface area contributed by atoms with Crippen LogP contribution in [0, 0.1) is 0 Å². The van der Waals surface area contributed by atoms with Crippen LogP contribution in [0.5, 0.6) is 0 Å². The molecule has 1 rings (SSSR count). The summed E-state index contributed by atoms with van der Waals surface area (Å²) in [5, 5.41) is 0. The van der Waals surface area contributed by atoms with Crippen molar-refractivity contribution in [3.05, 3.63) is 61.4 Å². The first-order valence-electron chi connectivity index (χ1n) is 18.3. The lowest BCUT2D eigenvalue weighted by molar-refractivity contribution is 0.232. The van der Waals surface area contributed by atoms with E-state index in [1.165, 1.54) is 0 Å². The molecule has 1 saturated heterocycles. The average Bonchev–Trinajstić information content (AvgIpc) is 3.04. The first kappa shape index (κ1) is 42.6. The molecule has 0 aromatic carbocycles. The Labute approximate surface area is 284 Å². The Morgan fingerprint density at radius 1 is 0.311 bits per heavy atom. The molecule has 0 amide bonds. The van der Waals surface area contributed by atoms with E-state index in [1.807, 2.05) is 28.5 Å². The highest BCUT2D eigenvalue weighted by Crippen LogP contribution is 2.41. The van der Waals surface area contributed by atoms with E-state index in [2.05, 4.69) is 67.5 Å². The molecule has 0 radical (unpaired) electrons. The molecule has 5 nitrogen and oxygen atoms in total. The van der Waals surface area contributed by atoms with Gasteiger partial charge in [-0.05, 0) is 30.2 Å². The monoisotopic (exact) mass is 710 g/mol. The van der Waals surface area contributed by atoms with Crippen LogP contribution in [-0.2, 0) is 20.6 Å². The highest BCUT2D eigenvalue weighted by molar-refractivity contribution is 6.99. The van der Waals surface area contributed by atoms with Gasteiger partial charge in [0.2, 0.25) is 0 Å². The second kappa shape index (κ2) is 22.3. The summed E-state index contributed by atoms with van der Waals surface area (Å²) in [4.78, 5) is 0. The third kappa shape index (κ3) is 13.5. The quantitative estimate of drug-likeness (QED) is 0.0697. The average molecular weight is 711 g/mol. The molecule has 0 aliphatic carbocycles. The molecule has 10 heteroatoms. The van der Waals surface area contributed by atoms with E-state index in [9.17, 15) is 0 Å². The van der Waals surface area contributed by atoms with Crippen LogP contribution in [-0.4, -0.2) is 42.8 Å². The smallest absolute Gasteiger partial charge is 0.347 e. The van der Waals surface area contributed by atoms with Crippen molar-refractivity contribution in [2.24, 2.45) is 0 Å². The Morgan fingerprint density at radius 2 is 0.467 bits per heavy atom. The molecule has 0 spiro atoms. The van der Waals surface area contributed by atoms with Crippen LogP contribution in [0.1, 0.15) is 131 Å². The molecule has 0 saturated carbocycles. The van der Waals surface area contributed by atoms with E-state index in [0.29, 0.717) is 0 Å². The lowest BCUT2D eigenvalue weighted by atomic mass is 10.3. The molecule has 1 heterocycles. The molecule has 0 aromatic rings. The maximum Gasteiger partial charge on any atom is 0.347 e. The van der Waals surface area contributed by atoms with Gasteiger partial charge in [0.25, 0.3) is 0 Å². The summed E-state index contributed by atoms with van der Waals surface area (Å²) in [5.41, 5.74) is 10.1. The normalized spacial score (nSPS) is 30.8. The van der Waals surface area contributed by atoms with Gasteiger partial charge in [-0.2, -0.15) is 0 Å². The molecule has 1 aliphatic heterocycles. The fourth-order valence-corrected chi connectivity index (χ4v) is 32.7. The molecule has 1 aliphatic rings. The van der Waals surface area contributed by atoms with Gasteiger partial charge in [0.15, 0.2) is 0 Å². The van der Waals surface area contributed by atoms with Crippen LogP contribution in [0.25, 0.3) is 0 Å². The lowest BCUT2D eigenvalue weighted by Crippen LogP contribution is -2.68. The minimum atomic E-state index is -3.08. The molecule has 45 heavy (non-hydrogen) atoms. The minimum absolute atomic E-state index is 0.821. The first-order chi connectivity index (χ1) is 21.6.